The first-order chi connectivity index (χ1) is 9.33. The van der Waals surface area contributed by atoms with Crippen LogP contribution in [0.2, 0.25) is 0 Å². The largest absolute Gasteiger partial charge is 0.370 e. The summed E-state index contributed by atoms with van der Waals surface area (Å²) in [5, 5.41) is 1.02. The molecule has 0 radical (unpaired) electrons. The second-order valence-corrected chi connectivity index (χ2v) is 9.28. The van der Waals surface area contributed by atoms with Crippen LogP contribution in [0.1, 0.15) is 72.6 Å². The van der Waals surface area contributed by atoms with Gasteiger partial charge in [-0.3, -0.25) is 0 Å². The molecule has 3 aliphatic rings. The third-order valence-corrected chi connectivity index (χ3v) is 8.56. The molecular formula is C18H31BrO. The molecule has 20 heavy (non-hydrogen) atoms. The summed E-state index contributed by atoms with van der Waals surface area (Å²) in [5.74, 6) is 1.77. The van der Waals surface area contributed by atoms with Crippen LogP contribution in [0.25, 0.3) is 0 Å². The van der Waals surface area contributed by atoms with Gasteiger partial charge in [-0.25, -0.2) is 0 Å². The summed E-state index contributed by atoms with van der Waals surface area (Å²) in [6, 6.07) is 0. The number of halogens is 1. The van der Waals surface area contributed by atoms with E-state index >= 15 is 0 Å². The molecule has 3 atom stereocenters. The number of ether oxygens (including phenoxy) is 1. The fraction of sp³-hybridized carbons (Fsp3) is 1.00. The first kappa shape index (κ1) is 15.3. The van der Waals surface area contributed by atoms with Crippen molar-refractivity contribution in [2.75, 3.05) is 5.33 Å². The molecule has 0 aromatic rings. The summed E-state index contributed by atoms with van der Waals surface area (Å²) in [7, 11) is 0. The van der Waals surface area contributed by atoms with Crippen molar-refractivity contribution in [3.05, 3.63) is 0 Å². The van der Waals surface area contributed by atoms with Crippen molar-refractivity contribution in [2.24, 2.45) is 22.7 Å². The summed E-state index contributed by atoms with van der Waals surface area (Å²) < 4.78 is 6.86. The molecule has 0 saturated heterocycles. The SMILES string of the molecule is CC1CCC(CBr)(OC2CC3CCC2(C)C3(C)C)CC1. The van der Waals surface area contributed by atoms with E-state index in [0.29, 0.717) is 16.9 Å². The molecule has 3 aliphatic carbocycles. The monoisotopic (exact) mass is 342 g/mol. The average Bonchev–Trinajstić information content (AvgIpc) is 2.75. The van der Waals surface area contributed by atoms with Crippen LogP contribution in [0.5, 0.6) is 0 Å². The summed E-state index contributed by atoms with van der Waals surface area (Å²) in [6.07, 6.45) is 9.74. The molecule has 0 spiro atoms. The lowest BCUT2D eigenvalue weighted by Gasteiger charge is -2.46. The van der Waals surface area contributed by atoms with Gasteiger partial charge in [-0.05, 0) is 67.6 Å². The standard InChI is InChI=1S/C18H31BrO/c1-13-5-9-18(12-19,10-6-13)20-15-11-14-7-8-17(15,4)16(14,2)3/h13-15H,5-12H2,1-4H3. The minimum absolute atomic E-state index is 0.126. The Morgan fingerprint density at radius 1 is 1.05 bits per heavy atom. The third-order valence-electron chi connectivity index (χ3n) is 7.54. The zero-order valence-electron chi connectivity index (χ0n) is 13.7. The van der Waals surface area contributed by atoms with Gasteiger partial charge in [-0.2, -0.15) is 0 Å². The lowest BCUT2D eigenvalue weighted by molar-refractivity contribution is -0.149. The van der Waals surface area contributed by atoms with E-state index < -0.39 is 0 Å². The lowest BCUT2D eigenvalue weighted by atomic mass is 9.69. The van der Waals surface area contributed by atoms with E-state index in [-0.39, 0.29) is 5.60 Å². The van der Waals surface area contributed by atoms with Gasteiger partial charge in [0.05, 0.1) is 11.7 Å². The Bertz CT molecular complexity index is 370. The second-order valence-electron chi connectivity index (χ2n) is 8.72. The van der Waals surface area contributed by atoms with Crippen LogP contribution in [0.3, 0.4) is 0 Å². The Balaban J connectivity index is 1.75. The lowest BCUT2D eigenvalue weighted by Crippen LogP contribution is -2.47. The molecule has 3 saturated carbocycles. The Morgan fingerprint density at radius 2 is 1.70 bits per heavy atom. The van der Waals surface area contributed by atoms with Gasteiger partial charge in [-0.15, -0.1) is 0 Å². The van der Waals surface area contributed by atoms with E-state index in [1.54, 1.807) is 0 Å². The molecule has 0 amide bonds. The molecule has 0 aromatic heterocycles. The maximum atomic E-state index is 6.86. The van der Waals surface area contributed by atoms with E-state index in [1.165, 1.54) is 44.9 Å². The van der Waals surface area contributed by atoms with E-state index in [2.05, 4.69) is 43.6 Å². The van der Waals surface area contributed by atoms with Crippen molar-refractivity contribution in [1.82, 2.24) is 0 Å². The van der Waals surface area contributed by atoms with Crippen molar-refractivity contribution in [3.8, 4) is 0 Å². The van der Waals surface area contributed by atoms with Crippen LogP contribution in [-0.4, -0.2) is 17.0 Å². The predicted octanol–water partition coefficient (Wildman–Crippen LogP) is 5.56. The van der Waals surface area contributed by atoms with Gasteiger partial charge in [0, 0.05) is 5.33 Å². The summed E-state index contributed by atoms with van der Waals surface area (Å²) in [5.41, 5.74) is 0.990. The zero-order valence-corrected chi connectivity index (χ0v) is 15.3. The van der Waals surface area contributed by atoms with Gasteiger partial charge in [0.25, 0.3) is 0 Å². The Labute approximate surface area is 133 Å². The minimum Gasteiger partial charge on any atom is -0.370 e. The molecule has 0 N–H and O–H groups in total. The first-order valence-electron chi connectivity index (χ1n) is 8.57. The molecule has 3 rings (SSSR count). The van der Waals surface area contributed by atoms with E-state index in [9.17, 15) is 0 Å². The molecule has 3 unspecified atom stereocenters. The highest BCUT2D eigenvalue weighted by atomic mass is 79.9. The van der Waals surface area contributed by atoms with Gasteiger partial charge in [0.1, 0.15) is 0 Å². The molecule has 3 fully saturated rings. The summed E-state index contributed by atoms with van der Waals surface area (Å²) in [6.45, 7) is 9.85. The van der Waals surface area contributed by atoms with Gasteiger partial charge >= 0.3 is 0 Å². The van der Waals surface area contributed by atoms with Crippen molar-refractivity contribution in [2.45, 2.75) is 84.3 Å². The van der Waals surface area contributed by atoms with Gasteiger partial charge in [-0.1, -0.05) is 43.6 Å². The van der Waals surface area contributed by atoms with Crippen molar-refractivity contribution in [1.29, 1.82) is 0 Å². The number of hydrogen-bond donors (Lipinski definition) is 0. The normalized spacial score (nSPS) is 50.5. The van der Waals surface area contributed by atoms with Gasteiger partial charge < -0.3 is 4.74 Å². The second kappa shape index (κ2) is 4.98. The van der Waals surface area contributed by atoms with Crippen LogP contribution in [0, 0.1) is 22.7 Å². The Kier molecular flexibility index (Phi) is 3.82. The number of fused-ring (bicyclic) bond motifs is 2. The smallest absolute Gasteiger partial charge is 0.0783 e. The van der Waals surface area contributed by atoms with Crippen molar-refractivity contribution in [3.63, 3.8) is 0 Å². The Morgan fingerprint density at radius 3 is 2.15 bits per heavy atom. The van der Waals surface area contributed by atoms with E-state index in [1.807, 2.05) is 0 Å². The fourth-order valence-corrected chi connectivity index (χ4v) is 5.87. The molecule has 2 heteroatoms. The summed E-state index contributed by atoms with van der Waals surface area (Å²) >= 11 is 3.77. The quantitative estimate of drug-likeness (QED) is 0.610. The highest BCUT2D eigenvalue weighted by Crippen LogP contribution is 2.67. The topological polar surface area (TPSA) is 9.23 Å². The highest BCUT2D eigenvalue weighted by Gasteiger charge is 2.63. The molecule has 0 heterocycles. The minimum atomic E-state index is 0.126. The fourth-order valence-electron chi connectivity index (χ4n) is 5.18. The first-order valence-corrected chi connectivity index (χ1v) is 9.69. The molecule has 116 valence electrons. The van der Waals surface area contributed by atoms with E-state index in [4.69, 9.17) is 4.74 Å². The molecule has 0 aliphatic heterocycles. The maximum Gasteiger partial charge on any atom is 0.0783 e. The average molecular weight is 343 g/mol. The highest BCUT2D eigenvalue weighted by molar-refractivity contribution is 9.09. The predicted molar refractivity (Wildman–Crippen MR) is 88.3 cm³/mol. The molecule has 1 nitrogen and oxygen atoms in total. The maximum absolute atomic E-state index is 6.86. The summed E-state index contributed by atoms with van der Waals surface area (Å²) in [4.78, 5) is 0. The van der Waals surface area contributed by atoms with Crippen LogP contribution in [-0.2, 0) is 4.74 Å². The Hall–Kier alpha value is 0.440. The third kappa shape index (κ3) is 2.12. The van der Waals surface area contributed by atoms with E-state index in [0.717, 1.165) is 17.2 Å². The van der Waals surface area contributed by atoms with Crippen molar-refractivity contribution >= 4 is 15.9 Å². The zero-order chi connectivity index (χ0) is 14.6. The van der Waals surface area contributed by atoms with Crippen molar-refractivity contribution < 1.29 is 4.74 Å². The number of alkyl halides is 1. The molecular weight excluding hydrogens is 312 g/mol. The number of hydrogen-bond acceptors (Lipinski definition) is 1. The van der Waals surface area contributed by atoms with Crippen LogP contribution >= 0.6 is 15.9 Å². The van der Waals surface area contributed by atoms with Gasteiger partial charge in [0.15, 0.2) is 0 Å². The van der Waals surface area contributed by atoms with Crippen LogP contribution < -0.4 is 0 Å². The van der Waals surface area contributed by atoms with Crippen LogP contribution in [0.15, 0.2) is 0 Å². The van der Waals surface area contributed by atoms with Crippen LogP contribution in [0.4, 0.5) is 0 Å². The van der Waals surface area contributed by atoms with Gasteiger partial charge in [0.2, 0.25) is 0 Å². The molecule has 0 aromatic carbocycles. The number of rotatable bonds is 3. The molecule has 2 bridgehead atoms.